The summed E-state index contributed by atoms with van der Waals surface area (Å²) in [6.45, 7) is 2.99. The van der Waals surface area contributed by atoms with Crippen LogP contribution in [0.5, 0.6) is 11.5 Å². The third-order valence-corrected chi connectivity index (χ3v) is 5.37. The second kappa shape index (κ2) is 14.7. The molecule has 0 aliphatic rings. The fourth-order valence-electron chi connectivity index (χ4n) is 3.61. The Balaban J connectivity index is 1.55. The number of aromatic amines is 1. The molecule has 30 heavy (non-hydrogen) atoms. The van der Waals surface area contributed by atoms with Crippen LogP contribution in [0.2, 0.25) is 0 Å². The van der Waals surface area contributed by atoms with Gasteiger partial charge >= 0.3 is 5.76 Å². The fraction of sp³-hybridized carbons (Fsp3) is 0.667. The molecular formula is C24H38N2O4. The predicted molar refractivity (Wildman–Crippen MR) is 119 cm³/mol. The molecule has 168 valence electrons. The molecule has 0 spiro atoms. The molecule has 6 heteroatoms. The molecule has 1 aromatic heterocycles. The van der Waals surface area contributed by atoms with Crippen molar-refractivity contribution in [2.24, 2.45) is 0 Å². The Kier molecular flexibility index (Phi) is 11.8. The summed E-state index contributed by atoms with van der Waals surface area (Å²) in [6.07, 6.45) is 16.5. The molecule has 0 aliphatic heterocycles. The summed E-state index contributed by atoms with van der Waals surface area (Å²) in [7, 11) is 1.62. The number of unbranched alkanes of at least 4 members (excludes halogenated alkanes) is 11. The molecule has 1 heterocycles. The molecule has 0 radical (unpaired) electrons. The van der Waals surface area contributed by atoms with E-state index in [4.69, 9.17) is 9.47 Å². The van der Waals surface area contributed by atoms with Crippen LogP contribution in [0.15, 0.2) is 27.5 Å². The number of nitrogens with one attached hydrogen (secondary N) is 1. The van der Waals surface area contributed by atoms with E-state index in [0.717, 1.165) is 24.3 Å². The summed E-state index contributed by atoms with van der Waals surface area (Å²) < 4.78 is 15.9. The number of H-pyrrole nitrogens is 1. The lowest BCUT2D eigenvalue weighted by atomic mass is 10.1. The lowest BCUT2D eigenvalue weighted by molar-refractivity contribution is 0.301. The molecule has 6 nitrogen and oxygen atoms in total. The third kappa shape index (κ3) is 9.51. The van der Waals surface area contributed by atoms with Crippen molar-refractivity contribution in [3.05, 3.63) is 40.1 Å². The maximum Gasteiger partial charge on any atom is 0.438 e. The Hall–Kier alpha value is -2.24. The highest BCUT2D eigenvalue weighted by molar-refractivity contribution is 5.41. The van der Waals surface area contributed by atoms with Gasteiger partial charge in [0, 0.05) is 18.1 Å². The largest absolute Gasteiger partial charge is 0.496 e. The van der Waals surface area contributed by atoms with Gasteiger partial charge in [-0.05, 0) is 12.5 Å². The minimum absolute atomic E-state index is 0.438. The highest BCUT2D eigenvalue weighted by atomic mass is 16.5. The van der Waals surface area contributed by atoms with Gasteiger partial charge in [0.25, 0.3) is 0 Å². The minimum Gasteiger partial charge on any atom is -0.496 e. The van der Waals surface area contributed by atoms with E-state index in [-0.39, 0.29) is 0 Å². The second-order valence-electron chi connectivity index (χ2n) is 7.93. The van der Waals surface area contributed by atoms with Gasteiger partial charge in [-0.3, -0.25) is 9.51 Å². The first-order valence-corrected chi connectivity index (χ1v) is 11.6. The molecule has 0 aliphatic carbocycles. The van der Waals surface area contributed by atoms with Crippen molar-refractivity contribution in [3.8, 4) is 11.5 Å². The number of nitrogens with zero attached hydrogens (tertiary/aromatic N) is 1. The molecule has 0 amide bonds. The summed E-state index contributed by atoms with van der Waals surface area (Å²) in [5, 5.41) is 3.70. The summed E-state index contributed by atoms with van der Waals surface area (Å²) in [4.78, 5) is 13.6. The second-order valence-corrected chi connectivity index (χ2v) is 7.93. The standard InChI is InChI=1S/C24H38N2O4/c1-3-4-5-6-7-8-9-10-11-12-13-14-17-29-21-16-15-20(22(19-21)28-2)18-23-25-24(27)30-26-23/h15-16,19H,3-14,17-18H2,1-2H3,(H,25,26,27). The van der Waals surface area contributed by atoms with Gasteiger partial charge < -0.3 is 9.47 Å². The van der Waals surface area contributed by atoms with Crippen LogP contribution in [-0.2, 0) is 6.42 Å². The monoisotopic (exact) mass is 418 g/mol. The van der Waals surface area contributed by atoms with Crippen molar-refractivity contribution < 1.29 is 14.0 Å². The van der Waals surface area contributed by atoms with Gasteiger partial charge in [-0.2, -0.15) is 0 Å². The number of aromatic nitrogens is 2. The highest BCUT2D eigenvalue weighted by Crippen LogP contribution is 2.26. The van der Waals surface area contributed by atoms with Crippen LogP contribution in [-0.4, -0.2) is 23.9 Å². The van der Waals surface area contributed by atoms with Crippen LogP contribution < -0.4 is 15.2 Å². The van der Waals surface area contributed by atoms with Gasteiger partial charge in [0.1, 0.15) is 11.5 Å². The van der Waals surface area contributed by atoms with Gasteiger partial charge in [-0.1, -0.05) is 88.8 Å². The van der Waals surface area contributed by atoms with E-state index >= 15 is 0 Å². The summed E-state index contributed by atoms with van der Waals surface area (Å²) >= 11 is 0. The molecule has 0 unspecified atom stereocenters. The van der Waals surface area contributed by atoms with Crippen LogP contribution in [0.3, 0.4) is 0 Å². The summed E-state index contributed by atoms with van der Waals surface area (Å²) in [5.74, 6) is 1.44. The smallest absolute Gasteiger partial charge is 0.438 e. The topological polar surface area (TPSA) is 77.4 Å². The zero-order chi connectivity index (χ0) is 21.4. The van der Waals surface area contributed by atoms with E-state index in [1.54, 1.807) is 7.11 Å². The molecule has 0 saturated heterocycles. The molecule has 1 N–H and O–H groups in total. The Labute approximate surface area is 180 Å². The molecule has 2 aromatic rings. The molecule has 0 bridgehead atoms. The number of hydrogen-bond donors (Lipinski definition) is 1. The predicted octanol–water partition coefficient (Wildman–Crippen LogP) is 6.04. The third-order valence-electron chi connectivity index (χ3n) is 5.37. The van der Waals surface area contributed by atoms with E-state index in [2.05, 4.69) is 21.6 Å². The zero-order valence-corrected chi connectivity index (χ0v) is 18.7. The van der Waals surface area contributed by atoms with Crippen LogP contribution in [0.25, 0.3) is 0 Å². The van der Waals surface area contributed by atoms with Gasteiger partial charge in [0.05, 0.1) is 13.7 Å². The van der Waals surface area contributed by atoms with Crippen LogP contribution in [0.4, 0.5) is 0 Å². The van der Waals surface area contributed by atoms with Crippen molar-refractivity contribution in [3.63, 3.8) is 0 Å². The van der Waals surface area contributed by atoms with E-state index in [9.17, 15) is 4.79 Å². The minimum atomic E-state index is -0.550. The zero-order valence-electron chi connectivity index (χ0n) is 18.7. The maximum absolute atomic E-state index is 11.1. The number of rotatable bonds is 17. The van der Waals surface area contributed by atoms with Crippen molar-refractivity contribution in [2.75, 3.05) is 13.7 Å². The number of methoxy groups -OCH3 is 1. The van der Waals surface area contributed by atoms with Crippen molar-refractivity contribution >= 4 is 0 Å². The maximum atomic E-state index is 11.1. The molecular weight excluding hydrogens is 380 g/mol. The fourth-order valence-corrected chi connectivity index (χ4v) is 3.61. The SMILES string of the molecule is CCCCCCCCCCCCCCOc1ccc(Cc2noc(=O)[nH]2)c(OC)c1. The molecule has 0 saturated carbocycles. The average molecular weight is 419 g/mol. The molecule has 0 fully saturated rings. The normalized spacial score (nSPS) is 11.0. The Morgan fingerprint density at radius 1 is 0.933 bits per heavy atom. The quantitative estimate of drug-likeness (QED) is 0.317. The van der Waals surface area contributed by atoms with Gasteiger partial charge in [-0.15, -0.1) is 0 Å². The first-order chi connectivity index (χ1) is 14.7. The summed E-state index contributed by atoms with van der Waals surface area (Å²) in [6, 6.07) is 5.74. The molecule has 1 aromatic carbocycles. The van der Waals surface area contributed by atoms with Gasteiger partial charge in [0.15, 0.2) is 5.82 Å². The molecule has 2 rings (SSSR count). The lowest BCUT2D eigenvalue weighted by Crippen LogP contribution is -2.01. The van der Waals surface area contributed by atoms with E-state index in [1.165, 1.54) is 70.6 Å². The first kappa shape index (κ1) is 24.0. The van der Waals surface area contributed by atoms with E-state index in [1.807, 2.05) is 18.2 Å². The van der Waals surface area contributed by atoms with Crippen molar-refractivity contribution in [2.45, 2.75) is 90.4 Å². The summed E-state index contributed by atoms with van der Waals surface area (Å²) in [5.41, 5.74) is 0.916. The van der Waals surface area contributed by atoms with Gasteiger partial charge in [0.2, 0.25) is 0 Å². The molecule has 0 atom stereocenters. The lowest BCUT2D eigenvalue weighted by Gasteiger charge is -2.11. The van der Waals surface area contributed by atoms with Gasteiger partial charge in [-0.25, -0.2) is 4.79 Å². The van der Waals surface area contributed by atoms with E-state index in [0.29, 0.717) is 18.0 Å². The number of hydrogen-bond acceptors (Lipinski definition) is 5. The Morgan fingerprint density at radius 2 is 1.57 bits per heavy atom. The Morgan fingerprint density at radius 3 is 2.13 bits per heavy atom. The first-order valence-electron chi connectivity index (χ1n) is 11.6. The Bertz CT molecular complexity index is 754. The highest BCUT2D eigenvalue weighted by Gasteiger charge is 2.09. The van der Waals surface area contributed by atoms with Crippen LogP contribution >= 0.6 is 0 Å². The number of ether oxygens (including phenoxy) is 2. The van der Waals surface area contributed by atoms with E-state index < -0.39 is 5.76 Å². The van der Waals surface area contributed by atoms with Crippen LogP contribution in [0, 0.1) is 0 Å². The average Bonchev–Trinajstić information content (AvgIpc) is 3.17. The van der Waals surface area contributed by atoms with Crippen molar-refractivity contribution in [1.82, 2.24) is 10.1 Å². The van der Waals surface area contributed by atoms with Crippen LogP contribution in [0.1, 0.15) is 95.4 Å². The van der Waals surface area contributed by atoms with Crippen molar-refractivity contribution in [1.29, 1.82) is 0 Å². The number of benzene rings is 1.